The molecule has 1 heterocycles. The van der Waals surface area contributed by atoms with E-state index in [1.165, 1.54) is 6.07 Å². The summed E-state index contributed by atoms with van der Waals surface area (Å²) in [5.41, 5.74) is 0.0221. The number of hydrogen-bond acceptors (Lipinski definition) is 1. The minimum atomic E-state index is -1.27. The highest BCUT2D eigenvalue weighted by atomic mass is 35.5. The summed E-state index contributed by atoms with van der Waals surface area (Å²) in [7, 11) is 0. The van der Waals surface area contributed by atoms with Crippen molar-refractivity contribution in [3.63, 3.8) is 0 Å². The number of nitrogens with zero attached hydrogens (tertiary/aromatic N) is 1. The number of pyridine rings is 1. The van der Waals surface area contributed by atoms with Crippen LogP contribution in [0.4, 0.5) is 13.2 Å². The smallest absolute Gasteiger partial charge is 0.185 e. The van der Waals surface area contributed by atoms with Crippen LogP contribution in [0, 0.1) is 24.4 Å². The number of fused-ring (bicyclic) bond motifs is 1. The van der Waals surface area contributed by atoms with Crippen molar-refractivity contribution in [3.8, 4) is 0 Å². The molecule has 2 aromatic rings. The molecule has 0 aliphatic rings. The van der Waals surface area contributed by atoms with E-state index < -0.39 is 17.5 Å². The molecule has 0 atom stereocenters. The highest BCUT2D eigenvalue weighted by Gasteiger charge is 2.16. The van der Waals surface area contributed by atoms with Crippen LogP contribution in [0.1, 0.15) is 5.69 Å². The second-order valence-electron chi connectivity index (χ2n) is 3.12. The second-order valence-corrected chi connectivity index (χ2v) is 3.53. The van der Waals surface area contributed by atoms with Gasteiger partial charge in [0.05, 0.1) is 10.4 Å². The van der Waals surface area contributed by atoms with Gasteiger partial charge in [-0.1, -0.05) is 11.6 Å². The van der Waals surface area contributed by atoms with Crippen molar-refractivity contribution in [3.05, 3.63) is 40.3 Å². The van der Waals surface area contributed by atoms with E-state index in [0.29, 0.717) is 11.8 Å². The Morgan fingerprint density at radius 1 is 1.13 bits per heavy atom. The van der Waals surface area contributed by atoms with E-state index in [0.717, 1.165) is 0 Å². The van der Waals surface area contributed by atoms with Gasteiger partial charge in [-0.25, -0.2) is 18.2 Å². The van der Waals surface area contributed by atoms with Crippen LogP contribution in [0.15, 0.2) is 12.1 Å². The van der Waals surface area contributed by atoms with Gasteiger partial charge < -0.3 is 0 Å². The molecule has 0 aliphatic heterocycles. The van der Waals surface area contributed by atoms with E-state index in [9.17, 15) is 13.2 Å². The van der Waals surface area contributed by atoms with Crippen LogP contribution in [0.3, 0.4) is 0 Å². The van der Waals surface area contributed by atoms with Gasteiger partial charge in [-0.2, -0.15) is 0 Å². The average molecular weight is 232 g/mol. The number of rotatable bonds is 0. The summed E-state index contributed by atoms with van der Waals surface area (Å²) in [5.74, 6) is -3.37. The summed E-state index contributed by atoms with van der Waals surface area (Å²) in [6.45, 7) is 1.56. The Bertz CT molecular complexity index is 546. The van der Waals surface area contributed by atoms with Gasteiger partial charge in [0.15, 0.2) is 11.6 Å². The summed E-state index contributed by atoms with van der Waals surface area (Å²) < 4.78 is 39.4. The molecular weight excluding hydrogens is 227 g/mol. The zero-order valence-corrected chi connectivity index (χ0v) is 8.37. The topological polar surface area (TPSA) is 12.9 Å². The second kappa shape index (κ2) is 3.38. The van der Waals surface area contributed by atoms with Gasteiger partial charge in [-0.05, 0) is 13.0 Å². The van der Waals surface area contributed by atoms with Crippen LogP contribution < -0.4 is 0 Å². The summed E-state index contributed by atoms with van der Waals surface area (Å²) in [5, 5.41) is -0.171. The molecule has 0 amide bonds. The standard InChI is InChI=1S/C10H5ClF3N/c1-4-2-5(11)8-6(12)3-7(13)9(14)10(8)15-4/h2-3H,1H3. The fraction of sp³-hybridized carbons (Fsp3) is 0.100. The molecule has 0 spiro atoms. The molecule has 0 bridgehead atoms. The number of aromatic nitrogens is 1. The van der Waals surface area contributed by atoms with Crippen molar-refractivity contribution in [1.29, 1.82) is 0 Å². The maximum Gasteiger partial charge on any atom is 0.185 e. The molecule has 0 unspecified atom stereocenters. The summed E-state index contributed by atoms with van der Waals surface area (Å²) in [4.78, 5) is 3.72. The fourth-order valence-corrected chi connectivity index (χ4v) is 1.72. The molecule has 2 rings (SSSR count). The molecule has 15 heavy (non-hydrogen) atoms. The third-order valence-corrected chi connectivity index (χ3v) is 2.31. The van der Waals surface area contributed by atoms with E-state index in [2.05, 4.69) is 4.98 Å². The quantitative estimate of drug-likeness (QED) is 0.631. The summed E-state index contributed by atoms with van der Waals surface area (Å²) >= 11 is 5.72. The first kappa shape index (κ1) is 10.2. The first-order valence-electron chi connectivity index (χ1n) is 4.11. The molecule has 0 saturated carbocycles. The lowest BCUT2D eigenvalue weighted by molar-refractivity contribution is 0.504. The molecule has 0 aliphatic carbocycles. The molecule has 0 fully saturated rings. The molecule has 78 valence electrons. The van der Waals surface area contributed by atoms with Gasteiger partial charge in [-0.15, -0.1) is 0 Å². The zero-order valence-electron chi connectivity index (χ0n) is 7.61. The van der Waals surface area contributed by atoms with Gasteiger partial charge in [-0.3, -0.25) is 0 Å². The Kier molecular flexibility index (Phi) is 2.31. The highest BCUT2D eigenvalue weighted by molar-refractivity contribution is 6.35. The maximum atomic E-state index is 13.3. The van der Waals surface area contributed by atoms with Crippen LogP contribution in [-0.2, 0) is 0 Å². The predicted octanol–water partition coefficient (Wildman–Crippen LogP) is 3.61. The summed E-state index contributed by atoms with van der Waals surface area (Å²) in [6, 6.07) is 1.85. The Hall–Kier alpha value is -1.29. The lowest BCUT2D eigenvalue weighted by Gasteiger charge is -2.05. The van der Waals surface area contributed by atoms with E-state index in [-0.39, 0.29) is 15.9 Å². The minimum absolute atomic E-state index is 0.0221. The minimum Gasteiger partial charge on any atom is -0.250 e. The van der Waals surface area contributed by atoms with Crippen LogP contribution >= 0.6 is 11.6 Å². The molecule has 1 aromatic carbocycles. The molecule has 0 radical (unpaired) electrons. The number of halogens is 4. The lowest BCUT2D eigenvalue weighted by atomic mass is 10.2. The zero-order chi connectivity index (χ0) is 11.2. The summed E-state index contributed by atoms with van der Waals surface area (Å²) in [6.07, 6.45) is 0. The Morgan fingerprint density at radius 3 is 2.47 bits per heavy atom. The Balaban J connectivity index is 3.02. The van der Waals surface area contributed by atoms with Gasteiger partial charge in [0.1, 0.15) is 11.3 Å². The first-order valence-corrected chi connectivity index (χ1v) is 4.49. The van der Waals surface area contributed by atoms with Crippen molar-refractivity contribution in [2.75, 3.05) is 0 Å². The number of aryl methyl sites for hydroxylation is 1. The van der Waals surface area contributed by atoms with Gasteiger partial charge in [0.2, 0.25) is 0 Å². The molecule has 1 nitrogen and oxygen atoms in total. The average Bonchev–Trinajstić information content (AvgIpc) is 2.12. The van der Waals surface area contributed by atoms with Crippen LogP contribution in [-0.4, -0.2) is 4.98 Å². The van der Waals surface area contributed by atoms with Crippen molar-refractivity contribution >= 4 is 22.5 Å². The molecular formula is C10H5ClF3N. The van der Waals surface area contributed by atoms with Crippen LogP contribution in [0.25, 0.3) is 10.9 Å². The van der Waals surface area contributed by atoms with Crippen molar-refractivity contribution < 1.29 is 13.2 Å². The third kappa shape index (κ3) is 1.55. The first-order chi connectivity index (χ1) is 7.00. The van der Waals surface area contributed by atoms with E-state index in [1.807, 2.05) is 0 Å². The van der Waals surface area contributed by atoms with Gasteiger partial charge in [0.25, 0.3) is 0 Å². The van der Waals surface area contributed by atoms with Gasteiger partial charge >= 0.3 is 0 Å². The molecule has 5 heteroatoms. The van der Waals surface area contributed by atoms with Crippen molar-refractivity contribution in [2.45, 2.75) is 6.92 Å². The Morgan fingerprint density at radius 2 is 1.80 bits per heavy atom. The largest absolute Gasteiger partial charge is 0.250 e. The van der Waals surface area contributed by atoms with Crippen molar-refractivity contribution in [1.82, 2.24) is 4.98 Å². The fourth-order valence-electron chi connectivity index (χ4n) is 1.38. The van der Waals surface area contributed by atoms with E-state index in [1.54, 1.807) is 6.92 Å². The predicted molar refractivity (Wildman–Crippen MR) is 51.4 cm³/mol. The molecule has 0 saturated heterocycles. The maximum absolute atomic E-state index is 13.3. The lowest BCUT2D eigenvalue weighted by Crippen LogP contribution is -1.95. The number of hydrogen-bond donors (Lipinski definition) is 0. The van der Waals surface area contributed by atoms with Crippen LogP contribution in [0.2, 0.25) is 5.02 Å². The third-order valence-electron chi connectivity index (χ3n) is 2.01. The SMILES string of the molecule is Cc1cc(Cl)c2c(F)cc(F)c(F)c2n1. The molecule has 0 N–H and O–H groups in total. The monoisotopic (exact) mass is 231 g/mol. The van der Waals surface area contributed by atoms with Gasteiger partial charge in [0, 0.05) is 11.8 Å². The van der Waals surface area contributed by atoms with E-state index in [4.69, 9.17) is 11.6 Å². The van der Waals surface area contributed by atoms with E-state index >= 15 is 0 Å². The normalized spacial score (nSPS) is 11.0. The molecule has 1 aromatic heterocycles. The highest BCUT2D eigenvalue weighted by Crippen LogP contribution is 2.28. The Labute approximate surface area is 88.5 Å². The van der Waals surface area contributed by atoms with Crippen molar-refractivity contribution in [2.24, 2.45) is 0 Å². The number of benzene rings is 1. The van der Waals surface area contributed by atoms with Crippen LogP contribution in [0.5, 0.6) is 0 Å².